The highest BCUT2D eigenvalue weighted by Crippen LogP contribution is 2.28. The van der Waals surface area contributed by atoms with Gasteiger partial charge < -0.3 is 10.1 Å². The Morgan fingerprint density at radius 3 is 2.60 bits per heavy atom. The van der Waals surface area contributed by atoms with Crippen molar-refractivity contribution in [1.29, 1.82) is 0 Å². The lowest BCUT2D eigenvalue weighted by molar-refractivity contribution is -0.141. The van der Waals surface area contributed by atoms with Crippen molar-refractivity contribution < 1.29 is 17.9 Å². The predicted octanol–water partition coefficient (Wildman–Crippen LogP) is 3.12. The largest absolute Gasteiger partial charge is 0.481 e. The molecule has 2 aromatic heterocycles. The Labute approximate surface area is 113 Å². The van der Waals surface area contributed by atoms with Gasteiger partial charge in [-0.2, -0.15) is 13.2 Å². The number of nitrogens with one attached hydrogen (secondary N) is 1. The molecule has 7 heteroatoms. The van der Waals surface area contributed by atoms with Crippen molar-refractivity contribution >= 4 is 5.82 Å². The lowest BCUT2D eigenvalue weighted by Crippen LogP contribution is -2.10. The SMILES string of the molecule is COc1ccc(CNc2cccc(C(F)(F)F)n2)cn1. The highest BCUT2D eigenvalue weighted by atomic mass is 19.4. The van der Waals surface area contributed by atoms with Gasteiger partial charge in [0.05, 0.1) is 7.11 Å². The first-order valence-electron chi connectivity index (χ1n) is 5.76. The predicted molar refractivity (Wildman–Crippen MR) is 67.4 cm³/mol. The summed E-state index contributed by atoms with van der Waals surface area (Å²) in [7, 11) is 1.51. The maximum absolute atomic E-state index is 12.5. The van der Waals surface area contributed by atoms with E-state index in [9.17, 15) is 13.2 Å². The van der Waals surface area contributed by atoms with E-state index in [1.165, 1.54) is 19.2 Å². The fraction of sp³-hybridized carbons (Fsp3) is 0.231. The number of rotatable bonds is 4. The molecular weight excluding hydrogens is 271 g/mol. The van der Waals surface area contributed by atoms with E-state index in [0.29, 0.717) is 12.4 Å². The maximum Gasteiger partial charge on any atom is 0.433 e. The van der Waals surface area contributed by atoms with Crippen molar-refractivity contribution in [1.82, 2.24) is 9.97 Å². The lowest BCUT2D eigenvalue weighted by atomic mass is 10.3. The molecule has 0 aromatic carbocycles. The Bertz CT molecular complexity index is 570. The number of ether oxygens (including phenoxy) is 1. The van der Waals surface area contributed by atoms with Gasteiger partial charge in [-0.05, 0) is 17.7 Å². The molecule has 2 heterocycles. The van der Waals surface area contributed by atoms with E-state index in [-0.39, 0.29) is 5.82 Å². The van der Waals surface area contributed by atoms with Gasteiger partial charge in [0.15, 0.2) is 0 Å². The Balaban J connectivity index is 2.03. The third-order valence-corrected chi connectivity index (χ3v) is 2.52. The van der Waals surface area contributed by atoms with Crippen LogP contribution in [-0.4, -0.2) is 17.1 Å². The fourth-order valence-corrected chi connectivity index (χ4v) is 1.52. The van der Waals surface area contributed by atoms with Gasteiger partial charge in [0.1, 0.15) is 11.5 Å². The number of methoxy groups -OCH3 is 1. The minimum absolute atomic E-state index is 0.163. The summed E-state index contributed by atoms with van der Waals surface area (Å²) in [4.78, 5) is 7.52. The number of nitrogens with zero attached hydrogens (tertiary/aromatic N) is 2. The van der Waals surface area contributed by atoms with Gasteiger partial charge in [-0.3, -0.25) is 0 Å². The first-order valence-corrected chi connectivity index (χ1v) is 5.76. The summed E-state index contributed by atoms with van der Waals surface area (Å²) < 4.78 is 42.4. The molecule has 0 radical (unpaired) electrons. The van der Waals surface area contributed by atoms with E-state index in [1.54, 1.807) is 18.3 Å². The zero-order valence-electron chi connectivity index (χ0n) is 10.6. The third-order valence-electron chi connectivity index (χ3n) is 2.52. The molecule has 0 spiro atoms. The quantitative estimate of drug-likeness (QED) is 0.936. The van der Waals surface area contributed by atoms with Crippen LogP contribution in [-0.2, 0) is 12.7 Å². The number of anilines is 1. The second kappa shape index (κ2) is 5.77. The number of hydrogen-bond acceptors (Lipinski definition) is 4. The molecule has 0 atom stereocenters. The van der Waals surface area contributed by atoms with Gasteiger partial charge in [0.25, 0.3) is 0 Å². The van der Waals surface area contributed by atoms with Crippen LogP contribution < -0.4 is 10.1 Å². The maximum atomic E-state index is 12.5. The van der Waals surface area contributed by atoms with Crippen LogP contribution in [0.4, 0.5) is 19.0 Å². The zero-order valence-corrected chi connectivity index (χ0v) is 10.6. The minimum Gasteiger partial charge on any atom is -0.481 e. The molecule has 0 bridgehead atoms. The first-order chi connectivity index (χ1) is 9.49. The topological polar surface area (TPSA) is 47.0 Å². The molecule has 106 valence electrons. The summed E-state index contributed by atoms with van der Waals surface area (Å²) in [6.07, 6.45) is -2.86. The summed E-state index contributed by atoms with van der Waals surface area (Å²) in [5.74, 6) is 0.640. The van der Waals surface area contributed by atoms with Crippen LogP contribution in [0.5, 0.6) is 5.88 Å². The monoisotopic (exact) mass is 283 g/mol. The van der Waals surface area contributed by atoms with Gasteiger partial charge in [0, 0.05) is 18.8 Å². The highest BCUT2D eigenvalue weighted by Gasteiger charge is 2.32. The summed E-state index contributed by atoms with van der Waals surface area (Å²) in [6, 6.07) is 7.17. The molecule has 0 unspecified atom stereocenters. The van der Waals surface area contributed by atoms with E-state index in [4.69, 9.17) is 4.74 Å². The molecule has 2 aromatic rings. The minimum atomic E-state index is -4.45. The zero-order chi connectivity index (χ0) is 14.6. The normalized spacial score (nSPS) is 11.2. The average Bonchev–Trinajstić information content (AvgIpc) is 2.45. The van der Waals surface area contributed by atoms with Crippen LogP contribution in [0.3, 0.4) is 0 Å². The molecule has 0 aliphatic carbocycles. The van der Waals surface area contributed by atoms with Crippen molar-refractivity contribution in [3.8, 4) is 5.88 Å². The lowest BCUT2D eigenvalue weighted by Gasteiger charge is -2.09. The van der Waals surface area contributed by atoms with Gasteiger partial charge in [0.2, 0.25) is 5.88 Å². The Morgan fingerprint density at radius 1 is 1.20 bits per heavy atom. The number of hydrogen-bond donors (Lipinski definition) is 1. The molecule has 0 saturated heterocycles. The second-order valence-corrected chi connectivity index (χ2v) is 3.97. The smallest absolute Gasteiger partial charge is 0.433 e. The van der Waals surface area contributed by atoms with E-state index in [2.05, 4.69) is 15.3 Å². The molecule has 20 heavy (non-hydrogen) atoms. The molecular formula is C13H12F3N3O. The van der Waals surface area contributed by atoms with Crippen LogP contribution in [0.1, 0.15) is 11.3 Å². The van der Waals surface area contributed by atoms with Crippen molar-refractivity contribution in [3.05, 3.63) is 47.8 Å². The molecule has 4 nitrogen and oxygen atoms in total. The van der Waals surface area contributed by atoms with Crippen molar-refractivity contribution in [2.24, 2.45) is 0 Å². The molecule has 2 rings (SSSR count). The van der Waals surface area contributed by atoms with Crippen LogP contribution in [0.2, 0.25) is 0 Å². The first kappa shape index (κ1) is 14.1. The average molecular weight is 283 g/mol. The standard InChI is InChI=1S/C13H12F3N3O/c1-20-12-6-5-9(8-18-12)7-17-11-4-2-3-10(19-11)13(14,15)16/h2-6,8H,7H2,1H3,(H,17,19). The van der Waals surface area contributed by atoms with Crippen molar-refractivity contribution in [2.75, 3.05) is 12.4 Å². The summed E-state index contributed by atoms with van der Waals surface area (Å²) in [5.41, 5.74) is -0.111. The van der Waals surface area contributed by atoms with Crippen LogP contribution >= 0.6 is 0 Å². The summed E-state index contributed by atoms with van der Waals surface area (Å²) >= 11 is 0. The molecule has 0 fully saturated rings. The Hall–Kier alpha value is -2.31. The molecule has 0 aliphatic heterocycles. The van der Waals surface area contributed by atoms with Crippen molar-refractivity contribution in [3.63, 3.8) is 0 Å². The Kier molecular flexibility index (Phi) is 4.07. The third kappa shape index (κ3) is 3.59. The summed E-state index contributed by atoms with van der Waals surface area (Å²) in [5, 5.41) is 2.82. The molecule has 0 saturated carbocycles. The van der Waals surface area contributed by atoms with Gasteiger partial charge in [-0.25, -0.2) is 9.97 Å². The summed E-state index contributed by atoms with van der Waals surface area (Å²) in [6.45, 7) is 0.325. The number of halogens is 3. The van der Waals surface area contributed by atoms with Gasteiger partial charge in [-0.1, -0.05) is 12.1 Å². The van der Waals surface area contributed by atoms with Crippen LogP contribution in [0, 0.1) is 0 Å². The molecule has 1 N–H and O–H groups in total. The number of aromatic nitrogens is 2. The molecule has 0 aliphatic rings. The van der Waals surface area contributed by atoms with Crippen LogP contribution in [0.15, 0.2) is 36.5 Å². The molecule has 0 amide bonds. The van der Waals surface area contributed by atoms with E-state index < -0.39 is 11.9 Å². The van der Waals surface area contributed by atoms with Crippen LogP contribution in [0.25, 0.3) is 0 Å². The second-order valence-electron chi connectivity index (χ2n) is 3.97. The number of alkyl halides is 3. The van der Waals surface area contributed by atoms with Crippen molar-refractivity contribution in [2.45, 2.75) is 12.7 Å². The van der Waals surface area contributed by atoms with Gasteiger partial charge >= 0.3 is 6.18 Å². The Morgan fingerprint density at radius 2 is 2.00 bits per heavy atom. The fourth-order valence-electron chi connectivity index (χ4n) is 1.52. The van der Waals surface area contributed by atoms with E-state index in [0.717, 1.165) is 11.6 Å². The van der Waals surface area contributed by atoms with E-state index in [1.807, 2.05) is 0 Å². The number of pyridine rings is 2. The highest BCUT2D eigenvalue weighted by molar-refractivity contribution is 5.37. The van der Waals surface area contributed by atoms with E-state index >= 15 is 0 Å². The van der Waals surface area contributed by atoms with Gasteiger partial charge in [-0.15, -0.1) is 0 Å².